The smallest absolute Gasteiger partial charge is 0.339 e. The third-order valence-electron chi connectivity index (χ3n) is 2.73. The molecule has 2 aromatic rings. The first-order valence-corrected chi connectivity index (χ1v) is 6.19. The highest BCUT2D eigenvalue weighted by Gasteiger charge is 2.21. The molecule has 94 valence electrons. The Morgan fingerprint density at radius 1 is 1.33 bits per heavy atom. The van der Waals surface area contributed by atoms with E-state index in [0.29, 0.717) is 16.1 Å². The maximum Gasteiger partial charge on any atom is 0.339 e. The maximum absolute atomic E-state index is 11.3. The molecule has 1 heterocycles. The van der Waals surface area contributed by atoms with Crippen molar-refractivity contribution in [2.45, 2.75) is 19.8 Å². The van der Waals surface area contributed by atoms with E-state index in [1.54, 1.807) is 18.2 Å². The first kappa shape index (κ1) is 13.1. The zero-order chi connectivity index (χ0) is 13.4. The molecule has 0 aliphatic rings. The van der Waals surface area contributed by atoms with Gasteiger partial charge in [-0.25, -0.2) is 9.78 Å². The number of hydrogen-bond acceptors (Lipinski definition) is 2. The van der Waals surface area contributed by atoms with Gasteiger partial charge in [0.1, 0.15) is 10.7 Å². The number of aromatic carboxylic acids is 1. The Labute approximate surface area is 114 Å². The average Bonchev–Trinajstić information content (AvgIpc) is 2.27. The minimum absolute atomic E-state index is 0.0116. The molecule has 3 nitrogen and oxygen atoms in total. The third kappa shape index (κ3) is 2.16. The molecule has 1 aromatic carbocycles. The molecular weight excluding hydrogens is 273 g/mol. The Kier molecular flexibility index (Phi) is 3.46. The van der Waals surface area contributed by atoms with E-state index in [1.165, 1.54) is 0 Å². The first-order chi connectivity index (χ1) is 8.41. The number of nitrogens with zero attached hydrogens (tertiary/aromatic N) is 1. The summed E-state index contributed by atoms with van der Waals surface area (Å²) in [7, 11) is 0. The minimum atomic E-state index is -1.07. The molecule has 0 aliphatic heterocycles. The van der Waals surface area contributed by atoms with Crippen molar-refractivity contribution in [3.63, 3.8) is 0 Å². The Bertz CT molecular complexity index is 638. The van der Waals surface area contributed by atoms with Crippen molar-refractivity contribution in [3.8, 4) is 0 Å². The van der Waals surface area contributed by atoms with Crippen molar-refractivity contribution in [3.05, 3.63) is 39.5 Å². The van der Waals surface area contributed by atoms with E-state index >= 15 is 0 Å². The monoisotopic (exact) mass is 283 g/mol. The number of halogens is 2. The second kappa shape index (κ2) is 4.75. The van der Waals surface area contributed by atoms with E-state index in [0.717, 1.165) is 5.39 Å². The molecule has 0 atom stereocenters. The van der Waals surface area contributed by atoms with Crippen molar-refractivity contribution in [2.75, 3.05) is 0 Å². The van der Waals surface area contributed by atoms with Crippen LogP contribution in [0.5, 0.6) is 0 Å². The summed E-state index contributed by atoms with van der Waals surface area (Å²) < 4.78 is 0. The number of hydrogen-bond donors (Lipinski definition) is 1. The van der Waals surface area contributed by atoms with Crippen LogP contribution in [0.1, 0.15) is 35.7 Å². The predicted octanol–water partition coefficient (Wildman–Crippen LogP) is 4.36. The van der Waals surface area contributed by atoms with Crippen molar-refractivity contribution < 1.29 is 9.90 Å². The second-order valence-corrected chi connectivity index (χ2v) is 5.11. The molecule has 0 saturated carbocycles. The fourth-order valence-corrected chi connectivity index (χ4v) is 2.48. The number of rotatable bonds is 2. The van der Waals surface area contributed by atoms with Gasteiger partial charge in [0.2, 0.25) is 0 Å². The molecule has 1 aromatic heterocycles. The summed E-state index contributed by atoms with van der Waals surface area (Å²) in [6, 6.07) is 5.17. The number of fused-ring (bicyclic) bond motifs is 1. The largest absolute Gasteiger partial charge is 0.478 e. The first-order valence-electron chi connectivity index (χ1n) is 5.43. The Morgan fingerprint density at radius 3 is 2.56 bits per heavy atom. The molecule has 0 spiro atoms. The van der Waals surface area contributed by atoms with Crippen LogP contribution in [-0.4, -0.2) is 16.1 Å². The lowest BCUT2D eigenvalue weighted by atomic mass is 9.94. The van der Waals surface area contributed by atoms with Gasteiger partial charge < -0.3 is 5.11 Å². The quantitative estimate of drug-likeness (QED) is 0.833. The molecule has 0 bridgehead atoms. The number of benzene rings is 1. The van der Waals surface area contributed by atoms with Crippen molar-refractivity contribution in [1.29, 1.82) is 0 Å². The summed E-state index contributed by atoms with van der Waals surface area (Å²) in [4.78, 5) is 15.4. The second-order valence-electron chi connectivity index (χ2n) is 4.31. The summed E-state index contributed by atoms with van der Waals surface area (Å²) in [6.45, 7) is 3.83. The predicted molar refractivity (Wildman–Crippen MR) is 72.8 cm³/mol. The molecule has 0 saturated heterocycles. The van der Waals surface area contributed by atoms with Gasteiger partial charge in [0.05, 0.1) is 5.52 Å². The van der Waals surface area contributed by atoms with Gasteiger partial charge in [0.15, 0.2) is 0 Å². The van der Waals surface area contributed by atoms with Gasteiger partial charge in [-0.15, -0.1) is 0 Å². The number of aromatic nitrogens is 1. The number of carbonyl (C=O) groups is 1. The summed E-state index contributed by atoms with van der Waals surface area (Å²) in [6.07, 6.45) is 0. The lowest BCUT2D eigenvalue weighted by Crippen LogP contribution is -2.07. The van der Waals surface area contributed by atoms with Gasteiger partial charge in [0.25, 0.3) is 0 Å². The molecule has 0 aliphatic carbocycles. The molecule has 0 radical (unpaired) electrons. The SMILES string of the molecule is CC(C)c1c(C(=O)O)c(Cl)nc2ccc(Cl)cc12. The highest BCUT2D eigenvalue weighted by molar-refractivity contribution is 6.34. The number of pyridine rings is 1. The van der Waals surface area contributed by atoms with Gasteiger partial charge in [0, 0.05) is 10.4 Å². The maximum atomic E-state index is 11.3. The molecule has 1 N–H and O–H groups in total. The van der Waals surface area contributed by atoms with Crippen molar-refractivity contribution in [1.82, 2.24) is 4.98 Å². The van der Waals surface area contributed by atoms with Gasteiger partial charge in [-0.1, -0.05) is 37.0 Å². The molecule has 0 amide bonds. The molecular formula is C13H11Cl2NO2. The summed E-state index contributed by atoms with van der Waals surface area (Å²) in [5.41, 5.74) is 1.37. The van der Waals surface area contributed by atoms with Crippen LogP contribution in [0.4, 0.5) is 0 Å². The molecule has 2 rings (SSSR count). The van der Waals surface area contributed by atoms with Crippen LogP contribution in [0.3, 0.4) is 0 Å². The van der Waals surface area contributed by atoms with E-state index in [4.69, 9.17) is 23.2 Å². The minimum Gasteiger partial charge on any atom is -0.478 e. The van der Waals surface area contributed by atoms with E-state index in [2.05, 4.69) is 4.98 Å². The molecule has 5 heteroatoms. The average molecular weight is 284 g/mol. The zero-order valence-corrected chi connectivity index (χ0v) is 11.4. The van der Waals surface area contributed by atoms with Gasteiger partial charge >= 0.3 is 5.97 Å². The van der Waals surface area contributed by atoms with Crippen LogP contribution < -0.4 is 0 Å². The zero-order valence-electron chi connectivity index (χ0n) is 9.87. The summed E-state index contributed by atoms with van der Waals surface area (Å²) in [5.74, 6) is -1.06. The number of carboxylic acid groups (broad SMARTS) is 1. The summed E-state index contributed by atoms with van der Waals surface area (Å²) in [5, 5.41) is 10.6. The Morgan fingerprint density at radius 2 is 2.00 bits per heavy atom. The van der Waals surface area contributed by atoms with Crippen LogP contribution in [0.15, 0.2) is 18.2 Å². The van der Waals surface area contributed by atoms with Gasteiger partial charge in [-0.05, 0) is 29.7 Å². The van der Waals surface area contributed by atoms with Crippen molar-refractivity contribution >= 4 is 40.1 Å². The van der Waals surface area contributed by atoms with Crippen molar-refractivity contribution in [2.24, 2.45) is 0 Å². The lowest BCUT2D eigenvalue weighted by molar-refractivity contribution is 0.0695. The van der Waals surface area contributed by atoms with Gasteiger partial charge in [-0.3, -0.25) is 0 Å². The summed E-state index contributed by atoms with van der Waals surface area (Å²) >= 11 is 11.9. The van der Waals surface area contributed by atoms with Crippen LogP contribution in [-0.2, 0) is 0 Å². The third-order valence-corrected chi connectivity index (χ3v) is 3.24. The number of carboxylic acids is 1. The fraction of sp³-hybridized carbons (Fsp3) is 0.231. The standard InChI is InChI=1S/C13H11Cl2NO2/c1-6(2)10-8-5-7(14)3-4-9(8)16-12(15)11(10)13(17)18/h3-6H,1-2H3,(H,17,18). The highest BCUT2D eigenvalue weighted by Crippen LogP contribution is 2.33. The molecule has 0 fully saturated rings. The molecule has 0 unspecified atom stereocenters. The van der Waals surface area contributed by atoms with Crippen LogP contribution in [0.2, 0.25) is 10.2 Å². The topological polar surface area (TPSA) is 50.2 Å². The van der Waals surface area contributed by atoms with E-state index in [-0.39, 0.29) is 16.6 Å². The normalized spacial score (nSPS) is 11.2. The lowest BCUT2D eigenvalue weighted by Gasteiger charge is -2.14. The Hall–Kier alpha value is -1.32. The fourth-order valence-electron chi connectivity index (χ4n) is 2.03. The molecule has 18 heavy (non-hydrogen) atoms. The van der Waals surface area contributed by atoms with Crippen LogP contribution in [0.25, 0.3) is 10.9 Å². The Balaban J connectivity index is 2.96. The van der Waals surface area contributed by atoms with Crippen LogP contribution >= 0.6 is 23.2 Å². The van der Waals surface area contributed by atoms with Gasteiger partial charge in [-0.2, -0.15) is 0 Å². The van der Waals surface area contributed by atoms with E-state index in [1.807, 2.05) is 13.8 Å². The van der Waals surface area contributed by atoms with E-state index in [9.17, 15) is 9.90 Å². The van der Waals surface area contributed by atoms with E-state index < -0.39 is 5.97 Å². The highest BCUT2D eigenvalue weighted by atomic mass is 35.5. The van der Waals surface area contributed by atoms with Crippen LogP contribution in [0, 0.1) is 0 Å².